The molecule has 0 aliphatic carbocycles. The van der Waals surface area contributed by atoms with Gasteiger partial charge in [0.1, 0.15) is 12.4 Å². The maximum atomic E-state index is 11.9. The number of hydrogen-bond donors (Lipinski definition) is 2. The third-order valence-electron chi connectivity index (χ3n) is 2.04. The van der Waals surface area contributed by atoms with E-state index in [0.717, 1.165) is 17.0 Å². The molecule has 11 heteroatoms. The van der Waals surface area contributed by atoms with Crippen LogP contribution in [0.15, 0.2) is 12.4 Å². The first-order valence-electron chi connectivity index (χ1n) is 4.89. The second kappa shape index (κ2) is 5.65. The lowest BCUT2D eigenvalue weighted by molar-refractivity contribution is -0.396. The number of rotatable bonds is 5. The van der Waals surface area contributed by atoms with Crippen molar-refractivity contribution in [3.63, 3.8) is 0 Å². The number of nitrogens with one attached hydrogen (secondary N) is 1. The predicted molar refractivity (Wildman–Crippen MR) is 54.0 cm³/mol. The first-order chi connectivity index (χ1) is 8.71. The average molecular weight is 282 g/mol. The lowest BCUT2D eigenvalue weighted by Gasteiger charge is -2.14. The van der Waals surface area contributed by atoms with Gasteiger partial charge < -0.3 is 20.5 Å². The Hall–Kier alpha value is -2.17. The highest BCUT2D eigenvalue weighted by Gasteiger charge is 2.38. The third kappa shape index (κ3) is 4.21. The van der Waals surface area contributed by atoms with Gasteiger partial charge in [-0.3, -0.25) is 4.79 Å². The molecule has 8 nitrogen and oxygen atoms in total. The molecule has 0 spiro atoms. The standard InChI is InChI=1S/C8H9F3N4O4/c9-8(10,11)5(16)3-13-6(17)4-14-2-1-12-7(14)15(18)19/h1-2,5,16H,3-4H2,(H,13,17). The van der Waals surface area contributed by atoms with Gasteiger partial charge in [0.25, 0.3) is 5.91 Å². The zero-order valence-electron chi connectivity index (χ0n) is 9.29. The molecular weight excluding hydrogens is 273 g/mol. The fourth-order valence-electron chi connectivity index (χ4n) is 1.13. The van der Waals surface area contributed by atoms with Gasteiger partial charge in [-0.25, -0.2) is 4.57 Å². The zero-order chi connectivity index (χ0) is 14.6. The molecule has 1 rings (SSSR count). The van der Waals surface area contributed by atoms with E-state index in [1.165, 1.54) is 0 Å². The first-order valence-corrected chi connectivity index (χ1v) is 4.89. The van der Waals surface area contributed by atoms with Gasteiger partial charge in [-0.05, 0) is 4.92 Å². The van der Waals surface area contributed by atoms with Crippen LogP contribution in [0, 0.1) is 10.1 Å². The van der Waals surface area contributed by atoms with E-state index in [0.29, 0.717) is 0 Å². The van der Waals surface area contributed by atoms with Gasteiger partial charge in [0.05, 0.1) is 6.54 Å². The molecule has 1 heterocycles. The van der Waals surface area contributed by atoms with Gasteiger partial charge in [-0.2, -0.15) is 13.2 Å². The average Bonchev–Trinajstić information content (AvgIpc) is 2.72. The van der Waals surface area contributed by atoms with E-state index in [1.807, 2.05) is 5.32 Å². The molecule has 19 heavy (non-hydrogen) atoms. The molecule has 2 N–H and O–H groups in total. The van der Waals surface area contributed by atoms with Crippen molar-refractivity contribution in [2.24, 2.45) is 0 Å². The summed E-state index contributed by atoms with van der Waals surface area (Å²) in [6, 6.07) is 0. The Morgan fingerprint density at radius 2 is 2.26 bits per heavy atom. The maximum Gasteiger partial charge on any atom is 0.435 e. The van der Waals surface area contributed by atoms with Crippen LogP contribution in [0.1, 0.15) is 0 Å². The zero-order valence-corrected chi connectivity index (χ0v) is 9.29. The lowest BCUT2D eigenvalue weighted by atomic mass is 10.3. The summed E-state index contributed by atoms with van der Waals surface area (Å²) in [6.45, 7) is -1.59. The topological polar surface area (TPSA) is 110 Å². The number of halogens is 3. The van der Waals surface area contributed by atoms with Crippen molar-refractivity contribution in [1.82, 2.24) is 14.9 Å². The molecule has 1 aromatic heterocycles. The smallest absolute Gasteiger partial charge is 0.390 e. The second-order valence-corrected chi connectivity index (χ2v) is 3.47. The molecule has 0 radical (unpaired) electrons. The Balaban J connectivity index is 2.52. The number of aliphatic hydroxyl groups excluding tert-OH is 1. The number of imidazole rings is 1. The Labute approximate surface area is 104 Å². The highest BCUT2D eigenvalue weighted by Crippen LogP contribution is 2.19. The van der Waals surface area contributed by atoms with E-state index in [1.54, 1.807) is 0 Å². The van der Waals surface area contributed by atoms with Crippen LogP contribution in [0.2, 0.25) is 0 Å². The van der Waals surface area contributed by atoms with Crippen molar-refractivity contribution < 1.29 is 28.0 Å². The quantitative estimate of drug-likeness (QED) is 0.575. The molecule has 0 aromatic carbocycles. The van der Waals surface area contributed by atoms with Crippen LogP contribution in [-0.2, 0) is 11.3 Å². The molecule has 0 saturated carbocycles. The van der Waals surface area contributed by atoms with Crippen LogP contribution < -0.4 is 5.32 Å². The summed E-state index contributed by atoms with van der Waals surface area (Å²) < 4.78 is 36.7. The summed E-state index contributed by atoms with van der Waals surface area (Å²) in [4.78, 5) is 24.2. The molecule has 106 valence electrons. The van der Waals surface area contributed by atoms with E-state index in [2.05, 4.69) is 4.98 Å². The molecule has 1 aromatic rings. The summed E-state index contributed by atoms with van der Waals surface area (Å²) in [7, 11) is 0. The Morgan fingerprint density at radius 1 is 1.63 bits per heavy atom. The van der Waals surface area contributed by atoms with Crippen molar-refractivity contribution in [1.29, 1.82) is 0 Å². The van der Waals surface area contributed by atoms with Crippen molar-refractivity contribution in [3.05, 3.63) is 22.5 Å². The normalized spacial score (nSPS) is 13.1. The molecule has 1 amide bonds. The fourth-order valence-corrected chi connectivity index (χ4v) is 1.13. The highest BCUT2D eigenvalue weighted by molar-refractivity contribution is 5.75. The number of aromatic nitrogens is 2. The minimum Gasteiger partial charge on any atom is -0.390 e. The van der Waals surface area contributed by atoms with E-state index < -0.39 is 42.1 Å². The predicted octanol–water partition coefficient (Wildman–Crippen LogP) is -0.169. The molecule has 0 bridgehead atoms. The number of nitro groups is 1. The Morgan fingerprint density at radius 3 is 2.79 bits per heavy atom. The minimum absolute atomic E-state index is 0.569. The van der Waals surface area contributed by atoms with E-state index in [9.17, 15) is 28.1 Å². The summed E-state index contributed by atoms with van der Waals surface area (Å²) in [5.41, 5.74) is 0. The molecule has 0 aliphatic rings. The summed E-state index contributed by atoms with van der Waals surface area (Å²) >= 11 is 0. The van der Waals surface area contributed by atoms with Gasteiger partial charge in [-0.15, -0.1) is 0 Å². The monoisotopic (exact) mass is 282 g/mol. The van der Waals surface area contributed by atoms with Gasteiger partial charge in [0, 0.05) is 0 Å². The van der Waals surface area contributed by atoms with Crippen LogP contribution in [0.4, 0.5) is 19.1 Å². The summed E-state index contributed by atoms with van der Waals surface area (Å²) in [5.74, 6) is -1.52. The van der Waals surface area contributed by atoms with E-state index >= 15 is 0 Å². The van der Waals surface area contributed by atoms with Crippen LogP contribution in [0.5, 0.6) is 0 Å². The number of alkyl halides is 3. The number of carbonyl (C=O) groups is 1. The van der Waals surface area contributed by atoms with E-state index in [-0.39, 0.29) is 0 Å². The minimum atomic E-state index is -4.84. The van der Waals surface area contributed by atoms with Crippen LogP contribution in [-0.4, -0.2) is 44.3 Å². The molecular formula is C8H9F3N4O4. The first kappa shape index (κ1) is 14.9. The van der Waals surface area contributed by atoms with Crippen molar-refractivity contribution in [2.45, 2.75) is 18.8 Å². The number of amides is 1. The molecule has 1 unspecified atom stereocenters. The van der Waals surface area contributed by atoms with Gasteiger partial charge in [0.2, 0.25) is 0 Å². The maximum absolute atomic E-state index is 11.9. The number of hydrogen-bond acceptors (Lipinski definition) is 5. The molecule has 0 fully saturated rings. The van der Waals surface area contributed by atoms with Crippen molar-refractivity contribution in [2.75, 3.05) is 6.54 Å². The molecule has 1 atom stereocenters. The summed E-state index contributed by atoms with van der Waals surface area (Å²) in [6.07, 6.45) is -5.31. The van der Waals surface area contributed by atoms with Crippen LogP contribution in [0.3, 0.4) is 0 Å². The fraction of sp³-hybridized carbons (Fsp3) is 0.500. The SMILES string of the molecule is O=C(Cn1ccnc1[N+](=O)[O-])NCC(O)C(F)(F)F. The van der Waals surface area contributed by atoms with Crippen LogP contribution >= 0.6 is 0 Å². The van der Waals surface area contributed by atoms with Crippen molar-refractivity contribution in [3.8, 4) is 0 Å². The largest absolute Gasteiger partial charge is 0.435 e. The molecule has 0 saturated heterocycles. The van der Waals surface area contributed by atoms with Gasteiger partial charge in [0.15, 0.2) is 12.6 Å². The van der Waals surface area contributed by atoms with Crippen LogP contribution in [0.25, 0.3) is 0 Å². The highest BCUT2D eigenvalue weighted by atomic mass is 19.4. The van der Waals surface area contributed by atoms with Gasteiger partial charge in [-0.1, -0.05) is 4.98 Å². The van der Waals surface area contributed by atoms with E-state index in [4.69, 9.17) is 5.11 Å². The Kier molecular flexibility index (Phi) is 4.43. The summed E-state index contributed by atoms with van der Waals surface area (Å²) in [5, 5.41) is 20.9. The number of aliphatic hydroxyl groups is 1. The van der Waals surface area contributed by atoms with Gasteiger partial charge >= 0.3 is 12.1 Å². The number of carbonyl (C=O) groups excluding carboxylic acids is 1. The molecule has 0 aliphatic heterocycles. The Bertz CT molecular complexity index is 473. The van der Waals surface area contributed by atoms with Crippen molar-refractivity contribution >= 4 is 11.9 Å². The third-order valence-corrected chi connectivity index (χ3v) is 2.04. The lowest BCUT2D eigenvalue weighted by Crippen LogP contribution is -2.41. The number of nitrogens with zero attached hydrogens (tertiary/aromatic N) is 3. The second-order valence-electron chi connectivity index (χ2n) is 3.47.